The highest BCUT2D eigenvalue weighted by Crippen LogP contribution is 2.22. The van der Waals surface area contributed by atoms with Crippen LogP contribution in [0.2, 0.25) is 0 Å². The molecule has 0 unspecified atom stereocenters. The largest absolute Gasteiger partial charge is 0.494 e. The first kappa shape index (κ1) is 32.0. The van der Waals surface area contributed by atoms with Gasteiger partial charge in [0.25, 0.3) is 0 Å². The van der Waals surface area contributed by atoms with Crippen LogP contribution in [0.5, 0.6) is 5.75 Å². The highest BCUT2D eigenvalue weighted by atomic mass is 16.5. The second-order valence-corrected chi connectivity index (χ2v) is 11.2. The second kappa shape index (κ2) is 15.5. The van der Waals surface area contributed by atoms with E-state index in [9.17, 15) is 19.5 Å². The van der Waals surface area contributed by atoms with Crippen molar-refractivity contribution in [3.05, 3.63) is 131 Å². The summed E-state index contributed by atoms with van der Waals surface area (Å²) < 4.78 is 5.95. The molecule has 4 aromatic carbocycles. The molecule has 4 aromatic rings. The highest BCUT2D eigenvalue weighted by molar-refractivity contribution is 6.12. The number of carboxylic acid groups (broad SMARTS) is 1. The molecule has 1 amide bonds. The Kier molecular flexibility index (Phi) is 11.3. The number of nitrogens with one attached hydrogen (secondary N) is 1. The van der Waals surface area contributed by atoms with Gasteiger partial charge in [-0.15, -0.1) is 0 Å². The van der Waals surface area contributed by atoms with E-state index in [4.69, 9.17) is 4.74 Å². The summed E-state index contributed by atoms with van der Waals surface area (Å²) in [5, 5.41) is 13.0. The molecule has 0 saturated carbocycles. The van der Waals surface area contributed by atoms with Gasteiger partial charge in [-0.1, -0.05) is 98.3 Å². The van der Waals surface area contributed by atoms with E-state index in [0.717, 1.165) is 11.1 Å². The van der Waals surface area contributed by atoms with E-state index in [1.165, 1.54) is 5.56 Å². The molecule has 0 saturated heterocycles. The molecule has 0 aromatic heterocycles. The van der Waals surface area contributed by atoms with Crippen LogP contribution in [-0.4, -0.2) is 46.9 Å². The topological polar surface area (TPSA) is 95.9 Å². The van der Waals surface area contributed by atoms with Crippen LogP contribution in [0.1, 0.15) is 52.9 Å². The number of ketones is 1. The molecule has 7 heteroatoms. The van der Waals surface area contributed by atoms with E-state index in [0.29, 0.717) is 48.7 Å². The predicted octanol–water partition coefficient (Wildman–Crippen LogP) is 6.79. The summed E-state index contributed by atoms with van der Waals surface area (Å²) in [4.78, 5) is 40.0. The van der Waals surface area contributed by atoms with Gasteiger partial charge in [0.05, 0.1) is 6.61 Å². The number of amides is 1. The van der Waals surface area contributed by atoms with Crippen molar-refractivity contribution in [2.45, 2.75) is 46.2 Å². The zero-order valence-electron chi connectivity index (χ0n) is 25.5. The molecule has 0 heterocycles. The van der Waals surface area contributed by atoms with Gasteiger partial charge in [0.15, 0.2) is 5.78 Å². The van der Waals surface area contributed by atoms with Gasteiger partial charge >= 0.3 is 5.97 Å². The lowest BCUT2D eigenvalue weighted by Crippen LogP contribution is -2.35. The first-order chi connectivity index (χ1) is 21.2. The lowest BCUT2D eigenvalue weighted by Gasteiger charge is -2.25. The number of rotatable bonds is 15. The summed E-state index contributed by atoms with van der Waals surface area (Å²) in [7, 11) is 0. The Morgan fingerprint density at radius 1 is 0.841 bits per heavy atom. The molecule has 0 fully saturated rings. The number of para-hydroxylation sites is 1. The Bertz CT molecular complexity index is 1550. The quantitative estimate of drug-likeness (QED) is 0.117. The third-order valence-corrected chi connectivity index (χ3v) is 7.30. The summed E-state index contributed by atoms with van der Waals surface area (Å²) >= 11 is 0. The maximum absolute atomic E-state index is 13.1. The smallest absolute Gasteiger partial charge is 0.326 e. The number of hydrogen-bond donors (Lipinski definition) is 2. The first-order valence-corrected chi connectivity index (χ1v) is 15.0. The number of carbonyl (C=O) groups excluding carboxylic acids is 2. The summed E-state index contributed by atoms with van der Waals surface area (Å²) in [5.41, 5.74) is 4.52. The Hall–Kier alpha value is -4.91. The number of hydrogen-bond acceptors (Lipinski definition) is 5. The van der Waals surface area contributed by atoms with Crippen molar-refractivity contribution in [3.63, 3.8) is 0 Å². The molecule has 0 bridgehead atoms. The van der Waals surface area contributed by atoms with E-state index in [2.05, 4.69) is 11.4 Å². The Labute approximate surface area is 259 Å². The van der Waals surface area contributed by atoms with Crippen molar-refractivity contribution < 1.29 is 24.2 Å². The zero-order valence-corrected chi connectivity index (χ0v) is 25.5. The van der Waals surface area contributed by atoms with Crippen LogP contribution in [0.25, 0.3) is 0 Å². The molecule has 0 aliphatic carbocycles. The number of anilines is 1. The zero-order chi connectivity index (χ0) is 31.5. The molecular formula is C37H40N2O5. The SMILES string of the molecule is Cc1cccc(CN(CCCOc2ccc(C[C@H](Nc3ccccc3C(=O)c3ccccc3)C(=O)O)cc2)C(=O)C(C)C)c1. The van der Waals surface area contributed by atoms with Gasteiger partial charge in [-0.05, 0) is 48.7 Å². The van der Waals surface area contributed by atoms with Gasteiger partial charge in [-0.25, -0.2) is 4.79 Å². The van der Waals surface area contributed by atoms with Crippen LogP contribution in [0.3, 0.4) is 0 Å². The van der Waals surface area contributed by atoms with Crippen LogP contribution in [0.4, 0.5) is 5.69 Å². The molecule has 0 aliphatic rings. The molecule has 0 spiro atoms. The van der Waals surface area contributed by atoms with Crippen molar-refractivity contribution in [1.29, 1.82) is 0 Å². The second-order valence-electron chi connectivity index (χ2n) is 11.2. The number of ether oxygens (including phenoxy) is 1. The van der Waals surface area contributed by atoms with E-state index >= 15 is 0 Å². The van der Waals surface area contributed by atoms with Crippen LogP contribution < -0.4 is 10.1 Å². The molecule has 4 rings (SSSR count). The fraction of sp³-hybridized carbons (Fsp3) is 0.270. The van der Waals surface area contributed by atoms with Crippen LogP contribution in [0, 0.1) is 12.8 Å². The van der Waals surface area contributed by atoms with Crippen molar-refractivity contribution in [3.8, 4) is 5.75 Å². The van der Waals surface area contributed by atoms with Crippen molar-refractivity contribution >= 4 is 23.3 Å². The van der Waals surface area contributed by atoms with Gasteiger partial charge in [0.2, 0.25) is 5.91 Å². The minimum atomic E-state index is -1.02. The van der Waals surface area contributed by atoms with E-state index < -0.39 is 12.0 Å². The summed E-state index contributed by atoms with van der Waals surface area (Å²) in [6.07, 6.45) is 0.896. The molecule has 228 valence electrons. The fourth-order valence-corrected chi connectivity index (χ4v) is 5.01. The van der Waals surface area contributed by atoms with E-state index in [1.807, 2.05) is 74.2 Å². The Morgan fingerprint density at radius 2 is 1.55 bits per heavy atom. The van der Waals surface area contributed by atoms with Gasteiger partial charge in [0, 0.05) is 42.2 Å². The lowest BCUT2D eigenvalue weighted by atomic mass is 10.00. The van der Waals surface area contributed by atoms with E-state index in [1.54, 1.807) is 48.5 Å². The molecule has 2 N–H and O–H groups in total. The summed E-state index contributed by atoms with van der Waals surface area (Å²) in [5.74, 6) is -0.489. The Balaban J connectivity index is 1.33. The third-order valence-electron chi connectivity index (χ3n) is 7.30. The molecule has 0 aliphatic heterocycles. The van der Waals surface area contributed by atoms with Crippen LogP contribution in [0.15, 0.2) is 103 Å². The maximum atomic E-state index is 13.1. The average Bonchev–Trinajstić information content (AvgIpc) is 3.02. The third kappa shape index (κ3) is 9.04. The predicted molar refractivity (Wildman–Crippen MR) is 173 cm³/mol. The Morgan fingerprint density at radius 3 is 2.23 bits per heavy atom. The molecule has 44 heavy (non-hydrogen) atoms. The molecule has 1 atom stereocenters. The number of carbonyl (C=O) groups is 3. The highest BCUT2D eigenvalue weighted by Gasteiger charge is 2.22. The number of benzene rings is 4. The van der Waals surface area contributed by atoms with Crippen molar-refractivity contribution in [2.24, 2.45) is 5.92 Å². The van der Waals surface area contributed by atoms with Crippen molar-refractivity contribution in [2.75, 3.05) is 18.5 Å². The number of aliphatic carboxylic acids is 1. The minimum Gasteiger partial charge on any atom is -0.494 e. The number of nitrogens with zero attached hydrogens (tertiary/aromatic N) is 1. The normalized spacial score (nSPS) is 11.5. The summed E-state index contributed by atoms with van der Waals surface area (Å²) in [6, 6.07) is 30.5. The van der Waals surface area contributed by atoms with Gasteiger partial charge in [0.1, 0.15) is 11.8 Å². The maximum Gasteiger partial charge on any atom is 0.326 e. The van der Waals surface area contributed by atoms with Gasteiger partial charge < -0.3 is 20.1 Å². The van der Waals surface area contributed by atoms with E-state index in [-0.39, 0.29) is 24.0 Å². The van der Waals surface area contributed by atoms with Crippen molar-refractivity contribution in [1.82, 2.24) is 4.90 Å². The van der Waals surface area contributed by atoms with Gasteiger partial charge in [-0.2, -0.15) is 0 Å². The van der Waals surface area contributed by atoms with Gasteiger partial charge in [-0.3, -0.25) is 9.59 Å². The fourth-order valence-electron chi connectivity index (χ4n) is 5.01. The minimum absolute atomic E-state index is 0.0878. The first-order valence-electron chi connectivity index (χ1n) is 15.0. The van der Waals surface area contributed by atoms with Crippen LogP contribution in [-0.2, 0) is 22.6 Å². The average molecular weight is 593 g/mol. The standard InChI is InChI=1S/C37H40N2O5/c1-26(2)36(41)39(25-29-12-9-11-27(3)23-29)21-10-22-44-31-19-17-28(18-20-31)24-34(37(42)43)38-33-16-8-7-15-32(33)35(40)30-13-5-4-6-14-30/h4-9,11-20,23,26,34,38H,10,21-22,24-25H2,1-3H3,(H,42,43)/t34-/m0/s1. The molecule has 7 nitrogen and oxygen atoms in total. The number of carboxylic acids is 1. The molecular weight excluding hydrogens is 552 g/mol. The lowest BCUT2D eigenvalue weighted by molar-refractivity contribution is -0.138. The molecule has 0 radical (unpaired) electrons. The number of aryl methyl sites for hydroxylation is 1. The monoisotopic (exact) mass is 592 g/mol. The van der Waals surface area contributed by atoms with Crippen LogP contribution >= 0.6 is 0 Å². The summed E-state index contributed by atoms with van der Waals surface area (Å²) in [6.45, 7) is 7.47.